The maximum atomic E-state index is 12.5. The minimum atomic E-state index is -0.587. The molecule has 2 aromatic rings. The summed E-state index contributed by atoms with van der Waals surface area (Å²) < 4.78 is 10.5. The second-order valence-corrected chi connectivity index (χ2v) is 6.32. The Bertz CT molecular complexity index is 814. The molecule has 1 saturated heterocycles. The predicted molar refractivity (Wildman–Crippen MR) is 104 cm³/mol. The van der Waals surface area contributed by atoms with Crippen molar-refractivity contribution in [1.82, 2.24) is 0 Å². The van der Waals surface area contributed by atoms with Crippen molar-refractivity contribution >= 4 is 23.2 Å². The fourth-order valence-corrected chi connectivity index (χ4v) is 3.01. The van der Waals surface area contributed by atoms with Crippen LogP contribution in [0.2, 0.25) is 0 Å². The van der Waals surface area contributed by atoms with Crippen molar-refractivity contribution in [2.24, 2.45) is 5.73 Å². The van der Waals surface area contributed by atoms with Gasteiger partial charge in [-0.2, -0.15) is 0 Å². The van der Waals surface area contributed by atoms with Crippen molar-refractivity contribution in [1.29, 1.82) is 0 Å². The molecule has 0 radical (unpaired) electrons. The third-order valence-electron chi connectivity index (χ3n) is 4.39. The number of methoxy groups -OCH3 is 1. The summed E-state index contributed by atoms with van der Waals surface area (Å²) in [6.07, 6.45) is 2.44. The number of hydrogen-bond acceptors (Lipinski definition) is 5. The summed E-state index contributed by atoms with van der Waals surface area (Å²) in [5, 5.41) is 2.87. The number of rotatable bonds is 7. The zero-order valence-corrected chi connectivity index (χ0v) is 15.2. The van der Waals surface area contributed by atoms with Crippen LogP contribution in [0.25, 0.3) is 0 Å². The van der Waals surface area contributed by atoms with Gasteiger partial charge in [0.2, 0.25) is 0 Å². The minimum Gasteiger partial charge on any atom is -0.493 e. The van der Waals surface area contributed by atoms with Crippen LogP contribution in [0, 0.1) is 0 Å². The molecule has 0 aromatic heterocycles. The van der Waals surface area contributed by atoms with Gasteiger partial charge < -0.3 is 25.4 Å². The molecule has 0 bridgehead atoms. The predicted octanol–water partition coefficient (Wildman–Crippen LogP) is 2.41. The Morgan fingerprint density at radius 2 is 1.78 bits per heavy atom. The van der Waals surface area contributed by atoms with Crippen LogP contribution in [0.5, 0.6) is 11.5 Å². The first-order valence-electron chi connectivity index (χ1n) is 8.82. The molecule has 1 fully saturated rings. The first-order valence-corrected chi connectivity index (χ1v) is 8.82. The average Bonchev–Trinajstić information content (AvgIpc) is 3.21. The second-order valence-electron chi connectivity index (χ2n) is 6.32. The highest BCUT2D eigenvalue weighted by molar-refractivity contribution is 6.04. The average molecular weight is 369 g/mol. The van der Waals surface area contributed by atoms with Gasteiger partial charge in [0.25, 0.3) is 11.8 Å². The van der Waals surface area contributed by atoms with Gasteiger partial charge in [-0.05, 0) is 55.3 Å². The molecule has 0 saturated carbocycles. The van der Waals surface area contributed by atoms with Gasteiger partial charge in [0, 0.05) is 30.0 Å². The monoisotopic (exact) mass is 369 g/mol. The van der Waals surface area contributed by atoms with E-state index in [1.165, 1.54) is 25.6 Å². The Morgan fingerprint density at radius 3 is 2.41 bits per heavy atom. The van der Waals surface area contributed by atoms with E-state index in [4.69, 9.17) is 15.2 Å². The van der Waals surface area contributed by atoms with Crippen LogP contribution in [-0.2, 0) is 4.79 Å². The normalized spacial score (nSPS) is 13.3. The number of carbonyl (C=O) groups excluding carboxylic acids is 2. The molecule has 7 heteroatoms. The number of anilines is 2. The van der Waals surface area contributed by atoms with Gasteiger partial charge in [-0.1, -0.05) is 0 Å². The number of benzene rings is 2. The molecule has 0 atom stereocenters. The number of ether oxygens (including phenoxy) is 2. The number of carbonyl (C=O) groups is 2. The summed E-state index contributed by atoms with van der Waals surface area (Å²) in [4.78, 5) is 25.7. The highest BCUT2D eigenvalue weighted by atomic mass is 16.5. The number of amides is 2. The molecule has 3 rings (SSSR count). The Labute approximate surface area is 158 Å². The largest absolute Gasteiger partial charge is 0.493 e. The van der Waals surface area contributed by atoms with Crippen molar-refractivity contribution < 1.29 is 19.1 Å². The summed E-state index contributed by atoms with van der Waals surface area (Å²) in [5.74, 6) is -0.143. The van der Waals surface area contributed by atoms with Gasteiger partial charge in [0.15, 0.2) is 18.1 Å². The van der Waals surface area contributed by atoms with E-state index in [1.807, 2.05) is 24.3 Å². The van der Waals surface area contributed by atoms with Crippen molar-refractivity contribution in [3.05, 3.63) is 48.0 Å². The summed E-state index contributed by atoms with van der Waals surface area (Å²) >= 11 is 0. The highest BCUT2D eigenvalue weighted by Gasteiger charge is 2.14. The Balaban J connectivity index is 1.67. The maximum absolute atomic E-state index is 12.5. The molecule has 1 heterocycles. The molecule has 3 N–H and O–H groups in total. The molecule has 0 spiro atoms. The van der Waals surface area contributed by atoms with Gasteiger partial charge in [-0.25, -0.2) is 0 Å². The number of nitrogens with zero attached hydrogens (tertiary/aromatic N) is 1. The SMILES string of the molecule is COc1cc(C(=O)Nc2ccc(N3CCCC3)cc2)ccc1OCC(N)=O. The quantitative estimate of drug-likeness (QED) is 0.782. The molecule has 0 unspecified atom stereocenters. The fourth-order valence-electron chi connectivity index (χ4n) is 3.01. The van der Waals surface area contributed by atoms with Gasteiger partial charge in [-0.3, -0.25) is 9.59 Å². The van der Waals surface area contributed by atoms with Crippen LogP contribution in [0.15, 0.2) is 42.5 Å². The van der Waals surface area contributed by atoms with E-state index in [-0.39, 0.29) is 12.5 Å². The third-order valence-corrected chi connectivity index (χ3v) is 4.39. The molecule has 7 nitrogen and oxygen atoms in total. The van der Waals surface area contributed by atoms with E-state index in [0.717, 1.165) is 18.8 Å². The second kappa shape index (κ2) is 8.44. The number of nitrogens with one attached hydrogen (secondary N) is 1. The molecule has 2 aromatic carbocycles. The summed E-state index contributed by atoms with van der Waals surface area (Å²) in [6, 6.07) is 12.6. The Kier molecular flexibility index (Phi) is 5.80. The van der Waals surface area contributed by atoms with E-state index in [9.17, 15) is 9.59 Å². The third kappa shape index (κ3) is 4.69. The summed E-state index contributed by atoms with van der Waals surface area (Å²) in [6.45, 7) is 1.90. The smallest absolute Gasteiger partial charge is 0.255 e. The van der Waals surface area contributed by atoms with Gasteiger partial charge in [-0.15, -0.1) is 0 Å². The fraction of sp³-hybridized carbons (Fsp3) is 0.300. The van der Waals surface area contributed by atoms with Gasteiger partial charge in [0.1, 0.15) is 0 Å². The van der Waals surface area contributed by atoms with E-state index in [0.29, 0.717) is 17.1 Å². The summed E-state index contributed by atoms with van der Waals surface area (Å²) in [7, 11) is 1.46. The van der Waals surface area contributed by atoms with Gasteiger partial charge >= 0.3 is 0 Å². The Morgan fingerprint density at radius 1 is 1.07 bits per heavy atom. The molecule has 142 valence electrons. The van der Waals surface area contributed by atoms with E-state index < -0.39 is 5.91 Å². The molecule has 27 heavy (non-hydrogen) atoms. The minimum absolute atomic E-state index is 0.259. The first kappa shape index (κ1) is 18.6. The highest BCUT2D eigenvalue weighted by Crippen LogP contribution is 2.28. The van der Waals surface area contributed by atoms with Crippen molar-refractivity contribution in [2.75, 3.05) is 37.0 Å². The topological polar surface area (TPSA) is 93.9 Å². The van der Waals surface area contributed by atoms with E-state index in [2.05, 4.69) is 10.2 Å². The zero-order valence-electron chi connectivity index (χ0n) is 15.2. The van der Waals surface area contributed by atoms with Crippen LogP contribution in [0.1, 0.15) is 23.2 Å². The van der Waals surface area contributed by atoms with E-state index >= 15 is 0 Å². The van der Waals surface area contributed by atoms with E-state index in [1.54, 1.807) is 18.2 Å². The van der Waals surface area contributed by atoms with Crippen molar-refractivity contribution in [3.8, 4) is 11.5 Å². The summed E-state index contributed by atoms with van der Waals surface area (Å²) in [5.41, 5.74) is 7.38. The molecule has 2 amide bonds. The lowest BCUT2D eigenvalue weighted by Crippen LogP contribution is -2.20. The van der Waals surface area contributed by atoms with Crippen LogP contribution >= 0.6 is 0 Å². The molecular formula is C20H23N3O4. The Hall–Kier alpha value is -3.22. The van der Waals surface area contributed by atoms with Crippen molar-refractivity contribution in [3.63, 3.8) is 0 Å². The standard InChI is InChI=1S/C20H23N3O4/c1-26-18-12-14(4-9-17(18)27-13-19(21)24)20(25)22-15-5-7-16(8-6-15)23-10-2-3-11-23/h4-9,12H,2-3,10-11,13H2,1H3,(H2,21,24)(H,22,25). The molecule has 0 aliphatic carbocycles. The van der Waals surface area contributed by atoms with Crippen LogP contribution in [0.3, 0.4) is 0 Å². The lowest BCUT2D eigenvalue weighted by Gasteiger charge is -2.18. The van der Waals surface area contributed by atoms with Crippen LogP contribution in [-0.4, -0.2) is 38.6 Å². The number of primary amides is 1. The van der Waals surface area contributed by atoms with Crippen molar-refractivity contribution in [2.45, 2.75) is 12.8 Å². The first-order chi connectivity index (χ1) is 13.1. The number of nitrogens with two attached hydrogens (primary N) is 1. The van der Waals surface area contributed by atoms with Crippen LogP contribution < -0.4 is 25.4 Å². The number of hydrogen-bond donors (Lipinski definition) is 2. The molecule has 1 aliphatic heterocycles. The lowest BCUT2D eigenvalue weighted by atomic mass is 10.1. The van der Waals surface area contributed by atoms with Gasteiger partial charge in [0.05, 0.1) is 7.11 Å². The zero-order chi connectivity index (χ0) is 19.2. The molecular weight excluding hydrogens is 346 g/mol. The lowest BCUT2D eigenvalue weighted by molar-refractivity contribution is -0.119. The van der Waals surface area contributed by atoms with Crippen LogP contribution in [0.4, 0.5) is 11.4 Å². The molecule has 1 aliphatic rings. The maximum Gasteiger partial charge on any atom is 0.255 e.